The number of amides is 1. The Morgan fingerprint density at radius 2 is 1.70 bits per heavy atom. The Hall–Kier alpha value is -3.92. The molecule has 1 aromatic heterocycles. The number of carbonyl (C=O) groups is 1. The van der Waals surface area contributed by atoms with E-state index in [0.29, 0.717) is 11.3 Å². The van der Waals surface area contributed by atoms with Crippen molar-refractivity contribution in [1.29, 1.82) is 0 Å². The van der Waals surface area contributed by atoms with Crippen molar-refractivity contribution in [2.75, 3.05) is 11.2 Å². The van der Waals surface area contributed by atoms with Gasteiger partial charge in [0, 0.05) is 5.69 Å². The van der Waals surface area contributed by atoms with E-state index in [-0.39, 0.29) is 29.2 Å². The van der Waals surface area contributed by atoms with E-state index < -0.39 is 16.9 Å². The number of rotatable bonds is 8. The summed E-state index contributed by atoms with van der Waals surface area (Å²) in [6, 6.07) is 20.5. The molecule has 0 fully saturated rings. The Bertz CT molecular complexity index is 1240. The van der Waals surface area contributed by atoms with Crippen molar-refractivity contribution in [3.63, 3.8) is 0 Å². The van der Waals surface area contributed by atoms with Gasteiger partial charge in [-0.1, -0.05) is 54.2 Å². The molecule has 33 heavy (non-hydrogen) atoms. The fourth-order valence-electron chi connectivity index (χ4n) is 2.94. The number of para-hydroxylation sites is 1. The molecule has 4 rings (SSSR count). The van der Waals surface area contributed by atoms with E-state index in [4.69, 9.17) is 10.6 Å². The fourth-order valence-corrected chi connectivity index (χ4v) is 3.91. The highest BCUT2D eigenvalue weighted by molar-refractivity contribution is 8.00. The number of hydrogen-bond acceptors (Lipinski definition) is 6. The maximum atomic E-state index is 13.8. The van der Waals surface area contributed by atoms with E-state index in [1.807, 2.05) is 18.2 Å². The van der Waals surface area contributed by atoms with Crippen molar-refractivity contribution >= 4 is 23.4 Å². The van der Waals surface area contributed by atoms with Crippen LogP contribution in [0.3, 0.4) is 0 Å². The number of carbonyl (C=O) groups excluding carboxylic acids is 1. The Kier molecular flexibility index (Phi) is 6.84. The average Bonchev–Trinajstić information content (AvgIpc) is 3.18. The molecule has 4 aromatic rings. The maximum absolute atomic E-state index is 13.8. The minimum absolute atomic E-state index is 0.0653. The largest absolute Gasteiger partial charge is 0.482 e. The van der Waals surface area contributed by atoms with Gasteiger partial charge >= 0.3 is 0 Å². The molecule has 1 atom stereocenters. The zero-order valence-electron chi connectivity index (χ0n) is 17.2. The van der Waals surface area contributed by atoms with Crippen LogP contribution in [0.15, 0.2) is 84.0 Å². The number of aromatic nitrogens is 3. The molecule has 0 saturated heterocycles. The van der Waals surface area contributed by atoms with Crippen molar-refractivity contribution in [2.45, 2.75) is 17.0 Å². The Morgan fingerprint density at radius 3 is 2.42 bits per heavy atom. The van der Waals surface area contributed by atoms with Crippen LogP contribution in [0.2, 0.25) is 0 Å². The third-order valence-electron chi connectivity index (χ3n) is 4.60. The van der Waals surface area contributed by atoms with Crippen molar-refractivity contribution < 1.29 is 18.3 Å². The topological polar surface area (TPSA) is 95.1 Å². The number of nitrogens with two attached hydrogens (primary N) is 1. The van der Waals surface area contributed by atoms with Gasteiger partial charge in [0.25, 0.3) is 0 Å². The fraction of sp³-hybridized carbons (Fsp3) is 0.0870. The number of nitrogen functional groups attached to an aromatic ring is 1. The second kappa shape index (κ2) is 10.1. The number of anilines is 1. The second-order valence-electron chi connectivity index (χ2n) is 6.89. The summed E-state index contributed by atoms with van der Waals surface area (Å²) in [4.78, 5) is 13.1. The first-order valence-corrected chi connectivity index (χ1v) is 10.7. The molecule has 0 bridgehead atoms. The van der Waals surface area contributed by atoms with E-state index in [2.05, 4.69) is 15.5 Å². The molecule has 3 N–H and O–H groups in total. The lowest BCUT2D eigenvalue weighted by Gasteiger charge is -2.16. The first kappa shape index (κ1) is 22.3. The first-order valence-electron chi connectivity index (χ1n) is 9.86. The Balaban J connectivity index is 1.52. The predicted octanol–water partition coefficient (Wildman–Crippen LogP) is 4.32. The monoisotopic (exact) mass is 467 g/mol. The van der Waals surface area contributed by atoms with Gasteiger partial charge < -0.3 is 15.9 Å². The van der Waals surface area contributed by atoms with Crippen LogP contribution >= 0.6 is 11.8 Å². The lowest BCUT2D eigenvalue weighted by atomic mass is 10.1. The Labute approximate surface area is 192 Å². The molecule has 0 radical (unpaired) electrons. The molecule has 0 aliphatic heterocycles. The molecule has 0 unspecified atom stereocenters. The number of nitrogens with one attached hydrogen (secondary N) is 1. The van der Waals surface area contributed by atoms with Gasteiger partial charge in [-0.25, -0.2) is 13.5 Å². The third kappa shape index (κ3) is 5.47. The molecule has 7 nitrogen and oxygen atoms in total. The SMILES string of the molecule is Nn1c(COc2ccccc2F)nnc1S[C@H](C(=O)Nc1ccc(F)cc1)c1ccccc1. The summed E-state index contributed by atoms with van der Waals surface area (Å²) in [6.45, 7) is -0.108. The van der Waals surface area contributed by atoms with Crippen molar-refractivity contribution in [3.05, 3.63) is 102 Å². The molecule has 0 saturated carbocycles. The summed E-state index contributed by atoms with van der Waals surface area (Å²) < 4.78 is 33.6. The summed E-state index contributed by atoms with van der Waals surface area (Å²) in [5, 5.41) is 10.4. The molecule has 0 aliphatic carbocycles. The molecular formula is C23H19F2N5O2S. The number of nitrogens with zero attached hydrogens (tertiary/aromatic N) is 3. The summed E-state index contributed by atoms with van der Waals surface area (Å²) in [5.74, 6) is 5.20. The average molecular weight is 468 g/mol. The highest BCUT2D eigenvalue weighted by Crippen LogP contribution is 2.35. The van der Waals surface area contributed by atoms with E-state index in [1.54, 1.807) is 24.3 Å². The van der Waals surface area contributed by atoms with Crippen LogP contribution in [-0.4, -0.2) is 20.8 Å². The predicted molar refractivity (Wildman–Crippen MR) is 121 cm³/mol. The maximum Gasteiger partial charge on any atom is 0.242 e. The summed E-state index contributed by atoms with van der Waals surface area (Å²) >= 11 is 1.09. The van der Waals surface area contributed by atoms with Crippen LogP contribution in [-0.2, 0) is 11.4 Å². The van der Waals surface area contributed by atoms with Crippen molar-refractivity contribution in [1.82, 2.24) is 14.9 Å². The third-order valence-corrected chi connectivity index (χ3v) is 5.82. The summed E-state index contributed by atoms with van der Waals surface area (Å²) in [5.41, 5.74) is 1.17. The zero-order chi connectivity index (χ0) is 23.2. The van der Waals surface area contributed by atoms with Gasteiger partial charge in [0.2, 0.25) is 11.1 Å². The van der Waals surface area contributed by atoms with Crippen LogP contribution in [0.1, 0.15) is 16.6 Å². The van der Waals surface area contributed by atoms with Crippen LogP contribution in [0, 0.1) is 11.6 Å². The highest BCUT2D eigenvalue weighted by Gasteiger charge is 2.25. The van der Waals surface area contributed by atoms with Gasteiger partial charge in [-0.3, -0.25) is 4.79 Å². The number of benzene rings is 3. The minimum Gasteiger partial charge on any atom is -0.482 e. The molecular weight excluding hydrogens is 448 g/mol. The molecule has 1 heterocycles. The van der Waals surface area contributed by atoms with E-state index >= 15 is 0 Å². The van der Waals surface area contributed by atoms with Gasteiger partial charge in [-0.05, 0) is 42.0 Å². The van der Waals surface area contributed by atoms with Crippen molar-refractivity contribution in [2.24, 2.45) is 0 Å². The highest BCUT2D eigenvalue weighted by atomic mass is 32.2. The number of halogens is 2. The molecule has 1 amide bonds. The van der Waals surface area contributed by atoms with Crippen LogP contribution in [0.25, 0.3) is 0 Å². The standard InChI is InChI=1S/C23H19F2N5O2S/c24-16-10-12-17(13-11-16)27-22(31)21(15-6-2-1-3-7-15)33-23-29-28-20(30(23)26)14-32-19-9-5-4-8-18(19)25/h1-13,21H,14,26H2,(H,27,31)/t21-/m0/s1. The molecule has 0 spiro atoms. The number of thioether (sulfide) groups is 1. The van der Waals surface area contributed by atoms with Gasteiger partial charge in [-0.2, -0.15) is 0 Å². The van der Waals surface area contributed by atoms with E-state index in [1.165, 1.54) is 41.1 Å². The van der Waals surface area contributed by atoms with Gasteiger partial charge in [0.05, 0.1) is 0 Å². The normalized spacial score (nSPS) is 11.7. The van der Waals surface area contributed by atoms with Crippen LogP contribution in [0.4, 0.5) is 14.5 Å². The number of hydrogen-bond donors (Lipinski definition) is 2. The zero-order valence-corrected chi connectivity index (χ0v) is 18.0. The molecule has 168 valence electrons. The van der Waals surface area contributed by atoms with Crippen LogP contribution in [0.5, 0.6) is 5.75 Å². The van der Waals surface area contributed by atoms with E-state index in [0.717, 1.165) is 11.8 Å². The lowest BCUT2D eigenvalue weighted by molar-refractivity contribution is -0.115. The quantitative estimate of drug-likeness (QED) is 0.296. The smallest absolute Gasteiger partial charge is 0.242 e. The van der Waals surface area contributed by atoms with Gasteiger partial charge in [-0.15, -0.1) is 10.2 Å². The van der Waals surface area contributed by atoms with Gasteiger partial charge in [0.1, 0.15) is 17.7 Å². The molecule has 0 aliphatic rings. The summed E-state index contributed by atoms with van der Waals surface area (Å²) in [6.07, 6.45) is 0. The molecule has 10 heteroatoms. The Morgan fingerprint density at radius 1 is 1.00 bits per heavy atom. The van der Waals surface area contributed by atoms with E-state index in [9.17, 15) is 13.6 Å². The summed E-state index contributed by atoms with van der Waals surface area (Å²) in [7, 11) is 0. The van der Waals surface area contributed by atoms with Crippen molar-refractivity contribution in [3.8, 4) is 5.75 Å². The van der Waals surface area contributed by atoms with Gasteiger partial charge in [0.15, 0.2) is 17.4 Å². The second-order valence-corrected chi connectivity index (χ2v) is 7.96. The minimum atomic E-state index is -0.719. The first-order chi connectivity index (χ1) is 16.0. The number of ether oxygens (including phenoxy) is 1. The lowest BCUT2D eigenvalue weighted by Crippen LogP contribution is -2.21. The van der Waals surface area contributed by atoms with Crippen LogP contribution < -0.4 is 15.9 Å². The molecule has 3 aromatic carbocycles.